The van der Waals surface area contributed by atoms with E-state index in [0.717, 1.165) is 48.6 Å². The fourth-order valence-electron chi connectivity index (χ4n) is 3.84. The molecule has 7 heteroatoms. The first kappa shape index (κ1) is 19.0. The van der Waals surface area contributed by atoms with Gasteiger partial charge in [0.05, 0.1) is 12.4 Å². The van der Waals surface area contributed by atoms with Crippen molar-refractivity contribution in [2.45, 2.75) is 19.8 Å². The zero-order chi connectivity index (χ0) is 19.5. The van der Waals surface area contributed by atoms with Crippen LogP contribution in [0.1, 0.15) is 30.3 Å². The quantitative estimate of drug-likeness (QED) is 0.792. The highest BCUT2D eigenvalue weighted by Gasteiger charge is 2.24. The summed E-state index contributed by atoms with van der Waals surface area (Å²) in [5, 5.41) is 0.731. The predicted octanol–water partition coefficient (Wildman–Crippen LogP) is 3.33. The minimum Gasteiger partial charge on any atom is -0.368 e. The third kappa shape index (κ3) is 4.22. The van der Waals surface area contributed by atoms with Crippen LogP contribution in [0.15, 0.2) is 36.7 Å². The maximum atomic E-state index is 12.8. The van der Waals surface area contributed by atoms with Gasteiger partial charge in [0, 0.05) is 50.0 Å². The Morgan fingerprint density at radius 1 is 1.00 bits per heavy atom. The highest BCUT2D eigenvalue weighted by atomic mass is 35.5. The molecule has 1 aromatic carbocycles. The average Bonchev–Trinajstić information content (AvgIpc) is 2.74. The van der Waals surface area contributed by atoms with Crippen LogP contribution in [0.25, 0.3) is 0 Å². The molecule has 2 aliphatic heterocycles. The second-order valence-electron chi connectivity index (χ2n) is 7.69. The summed E-state index contributed by atoms with van der Waals surface area (Å²) >= 11 is 6.09. The lowest BCUT2D eigenvalue weighted by Crippen LogP contribution is -2.49. The molecule has 1 amide bonds. The fourth-order valence-corrected chi connectivity index (χ4v) is 4.02. The van der Waals surface area contributed by atoms with Gasteiger partial charge in [0.25, 0.3) is 5.91 Å². The minimum absolute atomic E-state index is 0.0444. The summed E-state index contributed by atoms with van der Waals surface area (Å²) in [5.41, 5.74) is 1.52. The van der Waals surface area contributed by atoms with E-state index in [1.165, 1.54) is 12.8 Å². The van der Waals surface area contributed by atoms with Gasteiger partial charge >= 0.3 is 0 Å². The predicted molar refractivity (Wildman–Crippen MR) is 112 cm³/mol. The monoisotopic (exact) mass is 399 g/mol. The summed E-state index contributed by atoms with van der Waals surface area (Å²) in [7, 11) is 0. The van der Waals surface area contributed by atoms with Crippen LogP contribution in [-0.2, 0) is 0 Å². The molecule has 148 valence electrons. The standard InChI is InChI=1S/C21H26ClN5O/c1-16-5-7-26(8-6-16)20-15-23-19(14-24-20)21(28)27-11-9-25(10-12-27)18-4-2-3-17(22)13-18/h2-4,13-16H,5-12H2,1H3. The molecule has 0 bridgehead atoms. The maximum absolute atomic E-state index is 12.8. The van der Waals surface area contributed by atoms with Crippen molar-refractivity contribution in [3.63, 3.8) is 0 Å². The van der Waals surface area contributed by atoms with Crippen molar-refractivity contribution in [1.29, 1.82) is 0 Å². The average molecular weight is 400 g/mol. The number of piperazine rings is 1. The van der Waals surface area contributed by atoms with E-state index in [-0.39, 0.29) is 5.91 Å². The van der Waals surface area contributed by atoms with Crippen LogP contribution in [-0.4, -0.2) is 60.0 Å². The van der Waals surface area contributed by atoms with Gasteiger partial charge in [-0.2, -0.15) is 0 Å². The molecule has 0 unspecified atom stereocenters. The lowest BCUT2D eigenvalue weighted by molar-refractivity contribution is 0.0740. The van der Waals surface area contributed by atoms with Gasteiger partial charge < -0.3 is 14.7 Å². The first-order chi connectivity index (χ1) is 13.6. The number of anilines is 2. The molecule has 1 aromatic heterocycles. The number of amides is 1. The van der Waals surface area contributed by atoms with E-state index in [1.807, 2.05) is 23.1 Å². The Morgan fingerprint density at radius 3 is 2.39 bits per heavy atom. The molecule has 0 saturated carbocycles. The molecular weight excluding hydrogens is 374 g/mol. The molecule has 4 rings (SSSR count). The summed E-state index contributed by atoms with van der Waals surface area (Å²) in [5.74, 6) is 1.60. The number of nitrogens with zero attached hydrogens (tertiary/aromatic N) is 5. The second-order valence-corrected chi connectivity index (χ2v) is 8.12. The molecule has 2 saturated heterocycles. The zero-order valence-electron chi connectivity index (χ0n) is 16.2. The summed E-state index contributed by atoms with van der Waals surface area (Å²) in [6, 6.07) is 7.84. The number of aromatic nitrogens is 2. The molecular formula is C21H26ClN5O. The summed E-state index contributed by atoms with van der Waals surface area (Å²) in [4.78, 5) is 28.1. The van der Waals surface area contributed by atoms with Crippen molar-refractivity contribution in [2.75, 3.05) is 49.1 Å². The molecule has 2 fully saturated rings. The number of carbonyl (C=O) groups is 1. The molecule has 3 heterocycles. The minimum atomic E-state index is -0.0444. The Balaban J connectivity index is 1.35. The highest BCUT2D eigenvalue weighted by molar-refractivity contribution is 6.30. The number of hydrogen-bond donors (Lipinski definition) is 0. The van der Waals surface area contributed by atoms with Gasteiger partial charge in [-0.15, -0.1) is 0 Å². The van der Waals surface area contributed by atoms with Crippen molar-refractivity contribution in [3.8, 4) is 0 Å². The number of carbonyl (C=O) groups excluding carboxylic acids is 1. The smallest absolute Gasteiger partial charge is 0.274 e. The Hall–Kier alpha value is -2.34. The molecule has 0 atom stereocenters. The number of halogens is 1. The Kier molecular flexibility index (Phi) is 5.67. The van der Waals surface area contributed by atoms with Gasteiger partial charge in [0.1, 0.15) is 11.5 Å². The van der Waals surface area contributed by atoms with Gasteiger partial charge in [-0.25, -0.2) is 9.97 Å². The first-order valence-electron chi connectivity index (χ1n) is 9.97. The van der Waals surface area contributed by atoms with Crippen LogP contribution >= 0.6 is 11.6 Å². The van der Waals surface area contributed by atoms with Crippen LogP contribution in [0.3, 0.4) is 0 Å². The zero-order valence-corrected chi connectivity index (χ0v) is 17.0. The van der Waals surface area contributed by atoms with Crippen LogP contribution in [0.4, 0.5) is 11.5 Å². The van der Waals surface area contributed by atoms with Crippen LogP contribution in [0, 0.1) is 5.92 Å². The van der Waals surface area contributed by atoms with E-state index >= 15 is 0 Å². The summed E-state index contributed by atoms with van der Waals surface area (Å²) < 4.78 is 0. The highest BCUT2D eigenvalue weighted by Crippen LogP contribution is 2.22. The van der Waals surface area contributed by atoms with E-state index in [1.54, 1.807) is 12.4 Å². The van der Waals surface area contributed by atoms with E-state index in [4.69, 9.17) is 11.6 Å². The molecule has 2 aromatic rings. The van der Waals surface area contributed by atoms with E-state index in [2.05, 4.69) is 32.8 Å². The first-order valence-corrected chi connectivity index (χ1v) is 10.3. The number of hydrogen-bond acceptors (Lipinski definition) is 5. The lowest BCUT2D eigenvalue weighted by Gasteiger charge is -2.36. The van der Waals surface area contributed by atoms with Crippen molar-refractivity contribution in [1.82, 2.24) is 14.9 Å². The van der Waals surface area contributed by atoms with Gasteiger partial charge in [-0.1, -0.05) is 24.6 Å². The molecule has 2 aliphatic rings. The summed E-state index contributed by atoms with van der Waals surface area (Å²) in [6.45, 7) is 7.20. The van der Waals surface area contributed by atoms with E-state index in [0.29, 0.717) is 18.8 Å². The van der Waals surface area contributed by atoms with Gasteiger partial charge in [-0.3, -0.25) is 4.79 Å². The number of piperidine rings is 1. The third-order valence-electron chi connectivity index (χ3n) is 5.71. The molecule has 28 heavy (non-hydrogen) atoms. The van der Waals surface area contributed by atoms with Crippen molar-refractivity contribution in [3.05, 3.63) is 47.4 Å². The second kappa shape index (κ2) is 8.35. The SMILES string of the molecule is CC1CCN(c2cnc(C(=O)N3CCN(c4cccc(Cl)c4)CC3)cn2)CC1. The fraction of sp³-hybridized carbons (Fsp3) is 0.476. The number of rotatable bonds is 3. The third-order valence-corrected chi connectivity index (χ3v) is 5.94. The van der Waals surface area contributed by atoms with Gasteiger partial charge in [0.2, 0.25) is 0 Å². The Bertz CT molecular complexity index is 812. The normalized spacial score (nSPS) is 18.4. The van der Waals surface area contributed by atoms with Crippen molar-refractivity contribution >= 4 is 29.0 Å². The molecule has 6 nitrogen and oxygen atoms in total. The lowest BCUT2D eigenvalue weighted by atomic mass is 9.99. The van der Waals surface area contributed by atoms with Crippen LogP contribution < -0.4 is 9.80 Å². The van der Waals surface area contributed by atoms with Crippen molar-refractivity contribution in [2.24, 2.45) is 5.92 Å². The topological polar surface area (TPSA) is 52.6 Å². The van der Waals surface area contributed by atoms with Gasteiger partial charge in [-0.05, 0) is 37.0 Å². The Labute approximate surface area is 171 Å². The summed E-state index contributed by atoms with van der Waals surface area (Å²) in [6.07, 6.45) is 5.73. The molecule has 0 aliphatic carbocycles. The van der Waals surface area contributed by atoms with E-state index < -0.39 is 0 Å². The maximum Gasteiger partial charge on any atom is 0.274 e. The van der Waals surface area contributed by atoms with Crippen LogP contribution in [0.2, 0.25) is 5.02 Å². The van der Waals surface area contributed by atoms with E-state index in [9.17, 15) is 4.79 Å². The Morgan fingerprint density at radius 2 is 1.75 bits per heavy atom. The largest absolute Gasteiger partial charge is 0.368 e. The molecule has 0 N–H and O–H groups in total. The molecule has 0 spiro atoms. The number of benzene rings is 1. The van der Waals surface area contributed by atoms with Gasteiger partial charge in [0.15, 0.2) is 0 Å². The van der Waals surface area contributed by atoms with Crippen LogP contribution in [0.5, 0.6) is 0 Å². The van der Waals surface area contributed by atoms with Crippen molar-refractivity contribution < 1.29 is 4.79 Å². The molecule has 0 radical (unpaired) electrons.